The Balaban J connectivity index is 1.58. The zero-order chi connectivity index (χ0) is 15.8. The van der Waals surface area contributed by atoms with Gasteiger partial charge in [0.2, 0.25) is 18.6 Å². The summed E-state index contributed by atoms with van der Waals surface area (Å²) in [6.45, 7) is 3.05. The van der Waals surface area contributed by atoms with E-state index in [9.17, 15) is 9.59 Å². The minimum atomic E-state index is -0.0206. The molecule has 6 heteroatoms. The number of carbonyl (C=O) groups excluding carboxylic acids is 2. The lowest BCUT2D eigenvalue weighted by Gasteiger charge is -2.06. The van der Waals surface area contributed by atoms with Crippen molar-refractivity contribution in [3.63, 3.8) is 0 Å². The van der Waals surface area contributed by atoms with E-state index in [1.54, 1.807) is 0 Å². The molecule has 2 rings (SSSR count). The molecule has 1 aliphatic heterocycles. The molecule has 1 aliphatic rings. The summed E-state index contributed by atoms with van der Waals surface area (Å²) in [5.41, 5.74) is 1.06. The van der Waals surface area contributed by atoms with Crippen LogP contribution in [0.25, 0.3) is 0 Å². The molecule has 1 aromatic carbocycles. The average molecular weight is 306 g/mol. The van der Waals surface area contributed by atoms with Crippen molar-refractivity contribution < 1.29 is 19.1 Å². The molecule has 120 valence electrons. The number of carbonyl (C=O) groups is 2. The van der Waals surface area contributed by atoms with Gasteiger partial charge in [-0.2, -0.15) is 0 Å². The van der Waals surface area contributed by atoms with Gasteiger partial charge in [0.25, 0.3) is 0 Å². The SMILES string of the molecule is CC(=O)NCCCCNC(=O)CCc1ccc2c(c1)OCO2. The van der Waals surface area contributed by atoms with Crippen molar-refractivity contribution in [2.75, 3.05) is 19.9 Å². The zero-order valence-corrected chi connectivity index (χ0v) is 12.8. The third kappa shape index (κ3) is 5.27. The van der Waals surface area contributed by atoms with E-state index in [0.29, 0.717) is 25.9 Å². The first-order valence-corrected chi connectivity index (χ1v) is 7.55. The second-order valence-corrected chi connectivity index (χ2v) is 5.23. The van der Waals surface area contributed by atoms with Gasteiger partial charge in [-0.3, -0.25) is 9.59 Å². The number of fused-ring (bicyclic) bond motifs is 1. The van der Waals surface area contributed by atoms with Crippen LogP contribution in [0.1, 0.15) is 31.7 Å². The Morgan fingerprint density at radius 2 is 1.82 bits per heavy atom. The summed E-state index contributed by atoms with van der Waals surface area (Å²) >= 11 is 0. The van der Waals surface area contributed by atoms with Crippen molar-refractivity contribution in [2.45, 2.75) is 32.6 Å². The van der Waals surface area contributed by atoms with E-state index in [-0.39, 0.29) is 18.6 Å². The number of hydrogen-bond donors (Lipinski definition) is 2. The highest BCUT2D eigenvalue weighted by atomic mass is 16.7. The molecule has 2 amide bonds. The first-order valence-electron chi connectivity index (χ1n) is 7.55. The van der Waals surface area contributed by atoms with E-state index < -0.39 is 0 Å². The van der Waals surface area contributed by atoms with Gasteiger partial charge < -0.3 is 20.1 Å². The van der Waals surface area contributed by atoms with E-state index >= 15 is 0 Å². The van der Waals surface area contributed by atoms with E-state index in [2.05, 4.69) is 10.6 Å². The van der Waals surface area contributed by atoms with Crippen molar-refractivity contribution in [3.05, 3.63) is 23.8 Å². The van der Waals surface area contributed by atoms with Gasteiger partial charge in [0.15, 0.2) is 11.5 Å². The largest absolute Gasteiger partial charge is 0.454 e. The molecule has 0 spiro atoms. The minimum absolute atomic E-state index is 0.0206. The first kappa shape index (κ1) is 16.1. The Morgan fingerprint density at radius 3 is 2.59 bits per heavy atom. The Bertz CT molecular complexity index is 531. The predicted octanol–water partition coefficient (Wildman–Crippen LogP) is 1.38. The molecule has 2 N–H and O–H groups in total. The summed E-state index contributed by atoms with van der Waals surface area (Å²) in [6, 6.07) is 5.74. The van der Waals surface area contributed by atoms with Gasteiger partial charge >= 0.3 is 0 Å². The van der Waals surface area contributed by atoms with Crippen molar-refractivity contribution in [3.8, 4) is 11.5 Å². The molecular weight excluding hydrogens is 284 g/mol. The van der Waals surface area contributed by atoms with Crippen molar-refractivity contribution in [2.24, 2.45) is 0 Å². The first-order chi connectivity index (χ1) is 10.6. The number of benzene rings is 1. The number of rotatable bonds is 8. The third-order valence-electron chi connectivity index (χ3n) is 3.38. The highest BCUT2D eigenvalue weighted by molar-refractivity contribution is 5.76. The topological polar surface area (TPSA) is 76.7 Å². The summed E-state index contributed by atoms with van der Waals surface area (Å²) < 4.78 is 10.6. The monoisotopic (exact) mass is 306 g/mol. The molecular formula is C16H22N2O4. The highest BCUT2D eigenvalue weighted by Crippen LogP contribution is 2.32. The number of amides is 2. The molecule has 0 radical (unpaired) electrons. The molecule has 0 aliphatic carbocycles. The van der Waals surface area contributed by atoms with Crippen molar-refractivity contribution in [1.29, 1.82) is 0 Å². The van der Waals surface area contributed by atoms with E-state index in [1.807, 2.05) is 18.2 Å². The summed E-state index contributed by atoms with van der Waals surface area (Å²) in [4.78, 5) is 22.4. The summed E-state index contributed by atoms with van der Waals surface area (Å²) in [5.74, 6) is 1.52. The van der Waals surface area contributed by atoms with Gasteiger partial charge in [0, 0.05) is 26.4 Å². The second kappa shape index (κ2) is 8.26. The molecule has 0 fully saturated rings. The maximum atomic E-state index is 11.8. The van der Waals surface area contributed by atoms with E-state index in [0.717, 1.165) is 29.9 Å². The fourth-order valence-electron chi connectivity index (χ4n) is 2.18. The average Bonchev–Trinajstić information content (AvgIpc) is 2.96. The van der Waals surface area contributed by atoms with Crippen LogP contribution in [0.3, 0.4) is 0 Å². The Kier molecular flexibility index (Phi) is 6.06. The molecule has 1 heterocycles. The molecule has 0 unspecified atom stereocenters. The number of nitrogens with one attached hydrogen (secondary N) is 2. The molecule has 0 atom stereocenters. The van der Waals surface area contributed by atoms with Crippen molar-refractivity contribution in [1.82, 2.24) is 10.6 Å². The van der Waals surface area contributed by atoms with Gasteiger partial charge in [-0.15, -0.1) is 0 Å². The highest BCUT2D eigenvalue weighted by Gasteiger charge is 2.13. The van der Waals surface area contributed by atoms with Crippen LogP contribution < -0.4 is 20.1 Å². The van der Waals surface area contributed by atoms with Gasteiger partial charge in [-0.05, 0) is 37.0 Å². The van der Waals surface area contributed by atoms with Crippen LogP contribution in [-0.2, 0) is 16.0 Å². The molecule has 22 heavy (non-hydrogen) atoms. The lowest BCUT2D eigenvalue weighted by atomic mass is 10.1. The lowest BCUT2D eigenvalue weighted by molar-refractivity contribution is -0.121. The van der Waals surface area contributed by atoms with Gasteiger partial charge in [-0.25, -0.2) is 0 Å². The molecule has 1 aromatic rings. The Morgan fingerprint density at radius 1 is 1.09 bits per heavy atom. The van der Waals surface area contributed by atoms with E-state index in [1.165, 1.54) is 6.92 Å². The normalized spacial score (nSPS) is 12.0. The zero-order valence-electron chi connectivity index (χ0n) is 12.8. The quantitative estimate of drug-likeness (QED) is 0.711. The standard InChI is InChI=1S/C16H22N2O4/c1-12(19)17-8-2-3-9-18-16(20)7-5-13-4-6-14-15(10-13)22-11-21-14/h4,6,10H,2-3,5,7-9,11H2,1H3,(H,17,19)(H,18,20). The number of aryl methyl sites for hydroxylation is 1. The minimum Gasteiger partial charge on any atom is -0.454 e. The number of ether oxygens (including phenoxy) is 2. The molecule has 0 bridgehead atoms. The maximum Gasteiger partial charge on any atom is 0.231 e. The summed E-state index contributed by atoms with van der Waals surface area (Å²) in [7, 11) is 0. The lowest BCUT2D eigenvalue weighted by Crippen LogP contribution is -2.26. The van der Waals surface area contributed by atoms with Crippen LogP contribution in [-0.4, -0.2) is 31.7 Å². The van der Waals surface area contributed by atoms with Crippen LogP contribution >= 0.6 is 0 Å². The molecule has 0 saturated heterocycles. The number of unbranched alkanes of at least 4 members (excludes halogenated alkanes) is 1. The molecule has 6 nitrogen and oxygen atoms in total. The Hall–Kier alpha value is -2.24. The van der Waals surface area contributed by atoms with Gasteiger partial charge in [-0.1, -0.05) is 6.07 Å². The van der Waals surface area contributed by atoms with Gasteiger partial charge in [0.1, 0.15) is 0 Å². The fraction of sp³-hybridized carbons (Fsp3) is 0.500. The van der Waals surface area contributed by atoms with Crippen LogP contribution in [0, 0.1) is 0 Å². The number of hydrogen-bond acceptors (Lipinski definition) is 4. The fourth-order valence-corrected chi connectivity index (χ4v) is 2.18. The van der Waals surface area contributed by atoms with Gasteiger partial charge in [0.05, 0.1) is 0 Å². The maximum absolute atomic E-state index is 11.8. The summed E-state index contributed by atoms with van der Waals surface area (Å²) in [5, 5.41) is 5.61. The smallest absolute Gasteiger partial charge is 0.231 e. The van der Waals surface area contributed by atoms with Crippen molar-refractivity contribution >= 4 is 11.8 Å². The molecule has 0 aromatic heterocycles. The van der Waals surface area contributed by atoms with Crippen LogP contribution in [0.15, 0.2) is 18.2 Å². The predicted molar refractivity (Wildman–Crippen MR) is 81.8 cm³/mol. The van der Waals surface area contributed by atoms with Crippen LogP contribution in [0.4, 0.5) is 0 Å². The van der Waals surface area contributed by atoms with E-state index in [4.69, 9.17) is 9.47 Å². The second-order valence-electron chi connectivity index (χ2n) is 5.23. The Labute approximate surface area is 130 Å². The van der Waals surface area contributed by atoms with Crippen LogP contribution in [0.2, 0.25) is 0 Å². The third-order valence-corrected chi connectivity index (χ3v) is 3.38. The van der Waals surface area contributed by atoms with Crippen LogP contribution in [0.5, 0.6) is 11.5 Å². The summed E-state index contributed by atoms with van der Waals surface area (Å²) in [6.07, 6.45) is 2.85. The molecule has 0 saturated carbocycles.